The van der Waals surface area contributed by atoms with Crippen molar-refractivity contribution in [3.8, 4) is 0 Å². The van der Waals surface area contributed by atoms with E-state index in [1.807, 2.05) is 40.0 Å². The van der Waals surface area contributed by atoms with Gasteiger partial charge in [0, 0.05) is 12.1 Å². The molecule has 1 aliphatic carbocycles. The maximum atomic E-state index is 11.9. The fraction of sp³-hybridized carbons (Fsp3) is 0.692. The second-order valence-corrected chi connectivity index (χ2v) is 5.70. The molecule has 1 aromatic heterocycles. The lowest BCUT2D eigenvalue weighted by Gasteiger charge is -2.22. The maximum Gasteiger partial charge on any atom is 0.331 e. The van der Waals surface area contributed by atoms with Gasteiger partial charge >= 0.3 is 5.97 Å². The summed E-state index contributed by atoms with van der Waals surface area (Å²) in [4.78, 5) is 11.9. The second-order valence-electron chi connectivity index (χ2n) is 5.70. The molecule has 17 heavy (non-hydrogen) atoms. The summed E-state index contributed by atoms with van der Waals surface area (Å²) in [5.74, 6) is 0.380. The van der Waals surface area contributed by atoms with Crippen LogP contribution in [0.1, 0.15) is 58.2 Å². The number of rotatable bonds is 3. The van der Waals surface area contributed by atoms with E-state index < -0.39 is 5.60 Å². The largest absolute Gasteiger partial charge is 0.458 e. The van der Waals surface area contributed by atoms with E-state index in [0.717, 1.165) is 5.69 Å². The summed E-state index contributed by atoms with van der Waals surface area (Å²) in [6.07, 6.45) is 4.30. The van der Waals surface area contributed by atoms with Gasteiger partial charge in [-0.05, 0) is 46.6 Å². The minimum absolute atomic E-state index is 0.233. The molecule has 1 atom stereocenters. The molecule has 1 unspecified atom stereocenters. The lowest BCUT2D eigenvalue weighted by molar-refractivity contribution is -0.158. The summed E-state index contributed by atoms with van der Waals surface area (Å²) in [6, 6.07) is 1.64. The van der Waals surface area contributed by atoms with Crippen LogP contribution >= 0.6 is 0 Å². The molecule has 0 N–H and O–H groups in total. The van der Waals surface area contributed by atoms with Gasteiger partial charge in [0.15, 0.2) is 0 Å². The fourth-order valence-electron chi connectivity index (χ4n) is 1.66. The van der Waals surface area contributed by atoms with Crippen LogP contribution in [0, 0.1) is 0 Å². The summed E-state index contributed by atoms with van der Waals surface area (Å²) in [6.45, 7) is 7.43. The number of hydrogen-bond acceptors (Lipinski definition) is 3. The summed E-state index contributed by atoms with van der Waals surface area (Å²) < 4.78 is 7.04. The summed E-state index contributed by atoms with van der Waals surface area (Å²) in [5.41, 5.74) is 0.651. The van der Waals surface area contributed by atoms with Gasteiger partial charge in [-0.25, -0.2) is 4.79 Å². The zero-order chi connectivity index (χ0) is 12.6. The molecule has 2 rings (SSSR count). The average molecular weight is 236 g/mol. The third kappa shape index (κ3) is 3.08. The first-order valence-corrected chi connectivity index (χ1v) is 6.15. The molecule has 1 aliphatic rings. The van der Waals surface area contributed by atoms with Crippen molar-refractivity contribution >= 4 is 5.97 Å². The highest BCUT2D eigenvalue weighted by Crippen LogP contribution is 2.39. The smallest absolute Gasteiger partial charge is 0.331 e. The van der Waals surface area contributed by atoms with Gasteiger partial charge in [-0.1, -0.05) is 0 Å². The van der Waals surface area contributed by atoms with Gasteiger partial charge in [-0.15, -0.1) is 0 Å². The van der Waals surface area contributed by atoms with Crippen LogP contribution in [-0.2, 0) is 9.53 Å². The summed E-state index contributed by atoms with van der Waals surface area (Å²) in [7, 11) is 0. The van der Waals surface area contributed by atoms with Crippen LogP contribution < -0.4 is 0 Å². The van der Waals surface area contributed by atoms with Crippen molar-refractivity contribution in [1.29, 1.82) is 0 Å². The van der Waals surface area contributed by atoms with Gasteiger partial charge in [-0.3, -0.25) is 4.68 Å². The van der Waals surface area contributed by atoms with Crippen LogP contribution in [0.15, 0.2) is 12.3 Å². The van der Waals surface area contributed by atoms with E-state index in [-0.39, 0.29) is 12.0 Å². The lowest BCUT2D eigenvalue weighted by atomic mass is 10.2. The second kappa shape index (κ2) is 4.17. The van der Waals surface area contributed by atoms with E-state index in [1.54, 1.807) is 4.68 Å². The van der Waals surface area contributed by atoms with Crippen LogP contribution in [0.4, 0.5) is 0 Å². The predicted octanol–water partition coefficient (Wildman–Crippen LogP) is 2.66. The Balaban J connectivity index is 2.02. The first-order valence-electron chi connectivity index (χ1n) is 6.15. The number of esters is 1. The average Bonchev–Trinajstić information content (AvgIpc) is 2.93. The highest BCUT2D eigenvalue weighted by atomic mass is 16.6. The number of carbonyl (C=O) groups is 1. The Morgan fingerprint density at radius 3 is 2.71 bits per heavy atom. The Hall–Kier alpha value is -1.32. The van der Waals surface area contributed by atoms with Gasteiger partial charge in [0.05, 0.1) is 5.69 Å². The van der Waals surface area contributed by atoms with E-state index in [4.69, 9.17) is 4.74 Å². The molecule has 1 aromatic rings. The monoisotopic (exact) mass is 236 g/mol. The molecular formula is C13H20N2O2. The molecule has 0 radical (unpaired) electrons. The zero-order valence-corrected chi connectivity index (χ0v) is 10.9. The van der Waals surface area contributed by atoms with Crippen molar-refractivity contribution in [2.75, 3.05) is 0 Å². The van der Waals surface area contributed by atoms with Crippen molar-refractivity contribution in [3.63, 3.8) is 0 Å². The Kier molecular flexibility index (Phi) is 2.98. The third-order valence-corrected chi connectivity index (χ3v) is 2.77. The molecule has 4 nitrogen and oxygen atoms in total. The first-order chi connectivity index (χ1) is 7.87. The molecule has 94 valence electrons. The number of hydrogen-bond donors (Lipinski definition) is 0. The minimum Gasteiger partial charge on any atom is -0.458 e. The lowest BCUT2D eigenvalue weighted by Crippen LogP contribution is -2.29. The molecule has 0 bridgehead atoms. The van der Waals surface area contributed by atoms with E-state index in [0.29, 0.717) is 5.92 Å². The fourth-order valence-corrected chi connectivity index (χ4v) is 1.66. The van der Waals surface area contributed by atoms with Gasteiger partial charge in [0.25, 0.3) is 0 Å². The normalized spacial score (nSPS) is 17.9. The van der Waals surface area contributed by atoms with Gasteiger partial charge in [-0.2, -0.15) is 5.10 Å². The topological polar surface area (TPSA) is 44.1 Å². The van der Waals surface area contributed by atoms with Crippen molar-refractivity contribution in [2.24, 2.45) is 0 Å². The molecular weight excluding hydrogens is 216 g/mol. The summed E-state index contributed by atoms with van der Waals surface area (Å²) in [5, 5.41) is 4.44. The number of nitrogens with zero attached hydrogens (tertiary/aromatic N) is 2. The van der Waals surface area contributed by atoms with Crippen LogP contribution in [-0.4, -0.2) is 21.4 Å². The zero-order valence-electron chi connectivity index (χ0n) is 10.9. The van der Waals surface area contributed by atoms with Crippen molar-refractivity contribution in [1.82, 2.24) is 9.78 Å². The highest BCUT2D eigenvalue weighted by Gasteiger charge is 2.28. The Morgan fingerprint density at radius 2 is 2.18 bits per heavy atom. The number of ether oxygens (including phenoxy) is 1. The predicted molar refractivity (Wildman–Crippen MR) is 64.8 cm³/mol. The minimum atomic E-state index is -0.447. The SMILES string of the molecule is CC(C(=O)OC(C)(C)C)n1ccc(C2CC2)n1. The van der Waals surface area contributed by atoms with Crippen LogP contribution in [0.5, 0.6) is 0 Å². The molecule has 0 amide bonds. The van der Waals surface area contributed by atoms with Crippen LogP contribution in [0.3, 0.4) is 0 Å². The standard InChI is InChI=1S/C13H20N2O2/c1-9(12(16)17-13(2,3)4)15-8-7-11(14-15)10-5-6-10/h7-10H,5-6H2,1-4H3. The van der Waals surface area contributed by atoms with E-state index in [2.05, 4.69) is 5.10 Å². The molecule has 0 aliphatic heterocycles. The third-order valence-electron chi connectivity index (χ3n) is 2.77. The molecule has 1 saturated carbocycles. The molecule has 0 saturated heterocycles. The molecule has 1 fully saturated rings. The summed E-state index contributed by atoms with van der Waals surface area (Å²) >= 11 is 0. The van der Waals surface area contributed by atoms with Crippen LogP contribution in [0.25, 0.3) is 0 Å². The van der Waals surface area contributed by atoms with E-state index in [1.165, 1.54) is 12.8 Å². The Labute approximate surface area is 102 Å². The molecule has 0 aromatic carbocycles. The van der Waals surface area contributed by atoms with E-state index in [9.17, 15) is 4.79 Å². The van der Waals surface area contributed by atoms with Crippen molar-refractivity contribution < 1.29 is 9.53 Å². The van der Waals surface area contributed by atoms with Gasteiger partial charge in [0.1, 0.15) is 11.6 Å². The Bertz CT molecular complexity index is 413. The van der Waals surface area contributed by atoms with Gasteiger partial charge < -0.3 is 4.74 Å². The maximum absolute atomic E-state index is 11.9. The Morgan fingerprint density at radius 1 is 1.53 bits per heavy atom. The molecule has 4 heteroatoms. The number of carbonyl (C=O) groups excluding carboxylic acids is 1. The first kappa shape index (κ1) is 12.1. The van der Waals surface area contributed by atoms with Gasteiger partial charge in [0.2, 0.25) is 0 Å². The highest BCUT2D eigenvalue weighted by molar-refractivity contribution is 5.74. The van der Waals surface area contributed by atoms with Crippen molar-refractivity contribution in [2.45, 2.75) is 58.1 Å². The van der Waals surface area contributed by atoms with Crippen molar-refractivity contribution in [3.05, 3.63) is 18.0 Å². The number of aromatic nitrogens is 2. The van der Waals surface area contributed by atoms with Crippen LogP contribution in [0.2, 0.25) is 0 Å². The quantitative estimate of drug-likeness (QED) is 0.758. The molecule has 0 spiro atoms. The van der Waals surface area contributed by atoms with E-state index >= 15 is 0 Å². The molecule has 1 heterocycles.